The van der Waals surface area contributed by atoms with Crippen LogP contribution >= 0.6 is 0 Å². The first-order valence-electron chi connectivity index (χ1n) is 8.13. The Bertz CT molecular complexity index is 344. The predicted octanol–water partition coefficient (Wildman–Crippen LogP) is 2.02. The average molecular weight is 298 g/mol. The fraction of sp³-hybridized carbons (Fsp3) is 0.875. The second kappa shape index (κ2) is 9.03. The van der Waals surface area contributed by atoms with Gasteiger partial charge in [0.15, 0.2) is 0 Å². The van der Waals surface area contributed by atoms with Crippen molar-refractivity contribution in [2.75, 3.05) is 13.1 Å². The molecule has 1 heterocycles. The van der Waals surface area contributed by atoms with Crippen molar-refractivity contribution >= 4 is 11.9 Å². The molecule has 1 fully saturated rings. The molecule has 5 heteroatoms. The van der Waals surface area contributed by atoms with Crippen LogP contribution in [0.1, 0.15) is 52.9 Å². The summed E-state index contributed by atoms with van der Waals surface area (Å²) in [6.07, 6.45) is 3.77. The molecule has 0 aromatic heterocycles. The molecule has 0 aromatic carbocycles. The van der Waals surface area contributed by atoms with Gasteiger partial charge in [-0.05, 0) is 50.0 Å². The van der Waals surface area contributed by atoms with E-state index in [9.17, 15) is 9.59 Å². The zero-order valence-electron chi connectivity index (χ0n) is 13.5. The van der Waals surface area contributed by atoms with E-state index in [0.29, 0.717) is 30.7 Å². The number of carboxylic acid groups (broad SMARTS) is 1. The third kappa shape index (κ3) is 6.93. The lowest BCUT2D eigenvalue weighted by molar-refractivity contribution is -0.137. The zero-order valence-corrected chi connectivity index (χ0v) is 13.5. The van der Waals surface area contributed by atoms with E-state index in [2.05, 4.69) is 31.4 Å². The number of hydrogen-bond donors (Lipinski definition) is 3. The van der Waals surface area contributed by atoms with Gasteiger partial charge >= 0.3 is 5.97 Å². The van der Waals surface area contributed by atoms with Crippen LogP contribution < -0.4 is 10.6 Å². The smallest absolute Gasteiger partial charge is 0.303 e. The lowest BCUT2D eigenvalue weighted by Crippen LogP contribution is -2.48. The molecule has 5 nitrogen and oxygen atoms in total. The first kappa shape index (κ1) is 18.0. The Kier molecular flexibility index (Phi) is 7.72. The molecule has 1 amide bonds. The van der Waals surface area contributed by atoms with Gasteiger partial charge in [0.25, 0.3) is 0 Å². The molecular weight excluding hydrogens is 268 g/mol. The number of piperidine rings is 1. The second-order valence-electron chi connectivity index (χ2n) is 6.65. The van der Waals surface area contributed by atoms with E-state index in [4.69, 9.17) is 5.11 Å². The van der Waals surface area contributed by atoms with Crippen LogP contribution in [0.5, 0.6) is 0 Å². The number of hydrogen-bond acceptors (Lipinski definition) is 3. The second-order valence-corrected chi connectivity index (χ2v) is 6.65. The van der Waals surface area contributed by atoms with Crippen molar-refractivity contribution in [2.24, 2.45) is 17.8 Å². The molecule has 0 saturated carbocycles. The van der Waals surface area contributed by atoms with E-state index in [1.807, 2.05) is 0 Å². The predicted molar refractivity (Wildman–Crippen MR) is 83.0 cm³/mol. The number of aliphatic carboxylic acids is 1. The summed E-state index contributed by atoms with van der Waals surface area (Å²) in [5.74, 6) is 0.724. The molecule has 21 heavy (non-hydrogen) atoms. The molecule has 3 N–H and O–H groups in total. The quantitative estimate of drug-likeness (QED) is 0.640. The summed E-state index contributed by atoms with van der Waals surface area (Å²) in [5.41, 5.74) is 0. The minimum atomic E-state index is -0.745. The summed E-state index contributed by atoms with van der Waals surface area (Å²) in [5, 5.41) is 15.0. The summed E-state index contributed by atoms with van der Waals surface area (Å²) in [4.78, 5) is 22.8. The van der Waals surface area contributed by atoms with Gasteiger partial charge < -0.3 is 15.7 Å². The molecule has 1 aliphatic rings. The normalized spacial score (nSPS) is 23.8. The molecule has 0 radical (unpaired) electrons. The molecule has 0 spiro atoms. The number of carbonyl (C=O) groups is 2. The largest absolute Gasteiger partial charge is 0.481 e. The summed E-state index contributed by atoms with van der Waals surface area (Å²) in [6, 6.07) is -0.0646. The molecule has 1 rings (SSSR count). The molecule has 0 aromatic rings. The lowest BCUT2D eigenvalue weighted by Gasteiger charge is -2.27. The van der Waals surface area contributed by atoms with Crippen LogP contribution in [0.2, 0.25) is 0 Å². The van der Waals surface area contributed by atoms with E-state index in [-0.39, 0.29) is 18.4 Å². The summed E-state index contributed by atoms with van der Waals surface area (Å²) >= 11 is 0. The van der Waals surface area contributed by atoms with Crippen molar-refractivity contribution in [1.29, 1.82) is 0 Å². The molecule has 0 aliphatic carbocycles. The van der Waals surface area contributed by atoms with Crippen LogP contribution in [-0.2, 0) is 9.59 Å². The van der Waals surface area contributed by atoms with Gasteiger partial charge in [0.2, 0.25) is 5.91 Å². The van der Waals surface area contributed by atoms with E-state index < -0.39 is 5.97 Å². The van der Waals surface area contributed by atoms with Gasteiger partial charge in [-0.15, -0.1) is 0 Å². The highest BCUT2D eigenvalue weighted by molar-refractivity contribution is 5.81. The third-order valence-electron chi connectivity index (χ3n) is 4.47. The molecule has 0 bridgehead atoms. The monoisotopic (exact) mass is 298 g/mol. The van der Waals surface area contributed by atoms with Gasteiger partial charge in [-0.3, -0.25) is 9.59 Å². The lowest BCUT2D eigenvalue weighted by atomic mass is 9.88. The van der Waals surface area contributed by atoms with Crippen LogP contribution in [0.15, 0.2) is 0 Å². The van der Waals surface area contributed by atoms with Crippen LogP contribution in [-0.4, -0.2) is 36.1 Å². The Morgan fingerprint density at radius 1 is 1.33 bits per heavy atom. The van der Waals surface area contributed by atoms with E-state index in [1.165, 1.54) is 0 Å². The van der Waals surface area contributed by atoms with Gasteiger partial charge in [-0.25, -0.2) is 0 Å². The van der Waals surface area contributed by atoms with Crippen molar-refractivity contribution in [3.63, 3.8) is 0 Å². The minimum Gasteiger partial charge on any atom is -0.481 e. The first-order valence-corrected chi connectivity index (χ1v) is 8.13. The van der Waals surface area contributed by atoms with Crippen molar-refractivity contribution < 1.29 is 14.7 Å². The number of rotatable bonds is 8. The molecule has 3 unspecified atom stereocenters. The maximum Gasteiger partial charge on any atom is 0.303 e. The Morgan fingerprint density at radius 2 is 2.05 bits per heavy atom. The summed E-state index contributed by atoms with van der Waals surface area (Å²) < 4.78 is 0. The van der Waals surface area contributed by atoms with Crippen molar-refractivity contribution in [2.45, 2.75) is 58.9 Å². The third-order valence-corrected chi connectivity index (χ3v) is 4.47. The van der Waals surface area contributed by atoms with Gasteiger partial charge in [0.1, 0.15) is 0 Å². The van der Waals surface area contributed by atoms with Crippen LogP contribution in [0.4, 0.5) is 0 Å². The molecular formula is C16H30N2O3. The van der Waals surface area contributed by atoms with Crippen LogP contribution in [0.3, 0.4) is 0 Å². The first-order chi connectivity index (χ1) is 9.90. The number of carboxylic acids is 1. The summed E-state index contributed by atoms with van der Waals surface area (Å²) in [6.45, 7) is 7.94. The van der Waals surface area contributed by atoms with Gasteiger partial charge in [-0.2, -0.15) is 0 Å². The average Bonchev–Trinajstić information content (AvgIpc) is 2.41. The van der Waals surface area contributed by atoms with Gasteiger partial charge in [0, 0.05) is 13.0 Å². The maximum atomic E-state index is 12.1. The molecule has 1 aliphatic heterocycles. The van der Waals surface area contributed by atoms with Crippen LogP contribution in [0, 0.1) is 17.8 Å². The number of amides is 1. The molecule has 1 saturated heterocycles. The van der Waals surface area contributed by atoms with Gasteiger partial charge in [-0.1, -0.05) is 20.8 Å². The Morgan fingerprint density at radius 3 is 2.62 bits per heavy atom. The highest BCUT2D eigenvalue weighted by Gasteiger charge is 2.24. The fourth-order valence-corrected chi connectivity index (χ4v) is 2.93. The van der Waals surface area contributed by atoms with Crippen molar-refractivity contribution in [1.82, 2.24) is 10.6 Å². The van der Waals surface area contributed by atoms with Gasteiger partial charge in [0.05, 0.1) is 6.04 Å². The number of carbonyl (C=O) groups excluding carboxylic acids is 1. The Hall–Kier alpha value is -1.10. The topological polar surface area (TPSA) is 78.4 Å². The Balaban J connectivity index is 2.29. The molecule has 3 atom stereocenters. The minimum absolute atomic E-state index is 0.0646. The van der Waals surface area contributed by atoms with Crippen LogP contribution in [0.25, 0.3) is 0 Å². The SMILES string of the molecule is CC1CCNC(C(=O)NCCC(CCC(=O)O)C(C)C)C1. The van der Waals surface area contributed by atoms with E-state index in [0.717, 1.165) is 25.8 Å². The number of nitrogens with one attached hydrogen (secondary N) is 2. The highest BCUT2D eigenvalue weighted by atomic mass is 16.4. The van der Waals surface area contributed by atoms with E-state index in [1.54, 1.807) is 0 Å². The standard InChI is InChI=1S/C16H30N2O3/c1-11(2)13(4-5-15(19)20)7-9-18-16(21)14-10-12(3)6-8-17-14/h11-14,17H,4-10H2,1-3H3,(H,18,21)(H,19,20). The van der Waals surface area contributed by atoms with E-state index >= 15 is 0 Å². The molecule has 122 valence electrons. The van der Waals surface area contributed by atoms with Crippen molar-refractivity contribution in [3.8, 4) is 0 Å². The summed E-state index contributed by atoms with van der Waals surface area (Å²) in [7, 11) is 0. The Labute approximate surface area is 127 Å². The highest BCUT2D eigenvalue weighted by Crippen LogP contribution is 2.20. The zero-order chi connectivity index (χ0) is 15.8. The van der Waals surface area contributed by atoms with Crippen molar-refractivity contribution in [3.05, 3.63) is 0 Å². The fourth-order valence-electron chi connectivity index (χ4n) is 2.93. The maximum absolute atomic E-state index is 12.1.